The Morgan fingerprint density at radius 2 is 1.83 bits per heavy atom. The molecule has 5 nitrogen and oxygen atoms in total. The Morgan fingerprint density at radius 1 is 1.11 bits per heavy atom. The van der Waals surface area contributed by atoms with Crippen molar-refractivity contribution in [3.63, 3.8) is 0 Å². The summed E-state index contributed by atoms with van der Waals surface area (Å²) < 4.78 is 0. The van der Waals surface area contributed by atoms with Crippen LogP contribution in [0.25, 0.3) is 0 Å². The molecule has 1 amide bonds. The van der Waals surface area contributed by atoms with Gasteiger partial charge in [0.25, 0.3) is 5.91 Å². The summed E-state index contributed by atoms with van der Waals surface area (Å²) in [5.41, 5.74) is 6.28. The van der Waals surface area contributed by atoms with Crippen LogP contribution in [0.3, 0.4) is 0 Å². The number of unbranched alkanes of at least 4 members (excludes halogenated alkanes) is 5. The summed E-state index contributed by atoms with van der Waals surface area (Å²) in [5, 5.41) is 23.1. The fourth-order valence-corrected chi connectivity index (χ4v) is 5.21. The predicted octanol–water partition coefficient (Wildman–Crippen LogP) is 5.91. The Hall–Kier alpha value is -2.53. The zero-order chi connectivity index (χ0) is 25.4. The van der Waals surface area contributed by atoms with Crippen LogP contribution in [-0.2, 0) is 19.4 Å². The van der Waals surface area contributed by atoms with Crippen molar-refractivity contribution in [3.8, 4) is 5.75 Å². The van der Waals surface area contributed by atoms with Gasteiger partial charge < -0.3 is 20.4 Å². The molecule has 0 saturated heterocycles. The number of carbonyl (C=O) groups is 1. The topological polar surface area (TPSA) is 72.8 Å². The zero-order valence-electron chi connectivity index (χ0n) is 22.1. The van der Waals surface area contributed by atoms with Crippen molar-refractivity contribution in [3.05, 3.63) is 58.1 Å². The molecular weight excluding hydrogens is 436 g/mol. The van der Waals surface area contributed by atoms with Gasteiger partial charge in [-0.05, 0) is 66.0 Å². The second-order valence-corrected chi connectivity index (χ2v) is 10.9. The average Bonchev–Trinajstić information content (AvgIpc) is 3.24. The highest BCUT2D eigenvalue weighted by Gasteiger charge is 2.29. The SMILES string of the molecule is CCCCCCCCN1CCc2cc(CO)c(C)c(CC(C)(C)CNC(=O)c3ccccc3O)c21. The Kier molecular flexibility index (Phi) is 9.62. The number of para-hydroxylation sites is 1. The third-order valence-corrected chi connectivity index (χ3v) is 7.32. The van der Waals surface area contributed by atoms with Gasteiger partial charge in [-0.15, -0.1) is 0 Å². The second-order valence-electron chi connectivity index (χ2n) is 10.9. The van der Waals surface area contributed by atoms with Gasteiger partial charge >= 0.3 is 0 Å². The van der Waals surface area contributed by atoms with Crippen LogP contribution >= 0.6 is 0 Å². The molecule has 0 unspecified atom stereocenters. The molecule has 0 radical (unpaired) electrons. The highest BCUT2D eigenvalue weighted by molar-refractivity contribution is 5.96. The van der Waals surface area contributed by atoms with E-state index >= 15 is 0 Å². The lowest BCUT2D eigenvalue weighted by atomic mass is 9.81. The molecule has 35 heavy (non-hydrogen) atoms. The van der Waals surface area contributed by atoms with Crippen molar-refractivity contribution in [2.75, 3.05) is 24.5 Å². The maximum atomic E-state index is 12.7. The van der Waals surface area contributed by atoms with E-state index in [1.807, 2.05) is 0 Å². The molecule has 0 bridgehead atoms. The summed E-state index contributed by atoms with van der Waals surface area (Å²) in [4.78, 5) is 15.2. The number of phenolic OH excluding ortho intramolecular Hbond substituents is 1. The van der Waals surface area contributed by atoms with Crippen molar-refractivity contribution in [1.82, 2.24) is 5.32 Å². The molecule has 0 aromatic heterocycles. The fraction of sp³-hybridized carbons (Fsp3) is 0.567. The Bertz CT molecular complexity index is 999. The van der Waals surface area contributed by atoms with Crippen LogP contribution in [0.5, 0.6) is 5.75 Å². The molecule has 1 aliphatic rings. The minimum absolute atomic E-state index is 0.00236. The smallest absolute Gasteiger partial charge is 0.255 e. The lowest BCUT2D eigenvalue weighted by molar-refractivity contribution is 0.0933. The van der Waals surface area contributed by atoms with Crippen LogP contribution in [0, 0.1) is 12.3 Å². The first-order valence-corrected chi connectivity index (χ1v) is 13.3. The van der Waals surface area contributed by atoms with Gasteiger partial charge in [-0.1, -0.05) is 71.1 Å². The lowest BCUT2D eigenvalue weighted by Gasteiger charge is -2.31. The van der Waals surface area contributed by atoms with E-state index in [2.05, 4.69) is 44.0 Å². The van der Waals surface area contributed by atoms with E-state index in [1.54, 1.807) is 18.2 Å². The summed E-state index contributed by atoms with van der Waals surface area (Å²) in [6.45, 7) is 11.4. The molecule has 0 atom stereocenters. The van der Waals surface area contributed by atoms with E-state index in [-0.39, 0.29) is 23.7 Å². The van der Waals surface area contributed by atoms with Crippen LogP contribution in [0.1, 0.15) is 91.9 Å². The Morgan fingerprint density at radius 3 is 2.54 bits per heavy atom. The highest BCUT2D eigenvalue weighted by atomic mass is 16.3. The van der Waals surface area contributed by atoms with Crippen LogP contribution < -0.4 is 10.2 Å². The molecule has 3 N–H and O–H groups in total. The summed E-state index contributed by atoms with van der Waals surface area (Å²) >= 11 is 0. The van der Waals surface area contributed by atoms with Crippen molar-refractivity contribution >= 4 is 11.6 Å². The first-order chi connectivity index (χ1) is 16.8. The van der Waals surface area contributed by atoms with Crippen LogP contribution in [0.2, 0.25) is 0 Å². The number of aromatic hydroxyl groups is 1. The molecular formula is C30H44N2O3. The number of benzene rings is 2. The molecule has 2 aromatic rings. The minimum atomic E-state index is -0.257. The number of amides is 1. The Balaban J connectivity index is 1.73. The third-order valence-electron chi connectivity index (χ3n) is 7.32. The number of phenols is 1. The molecule has 0 spiro atoms. The largest absolute Gasteiger partial charge is 0.507 e. The van der Waals surface area contributed by atoms with Gasteiger partial charge in [-0.2, -0.15) is 0 Å². The Labute approximate surface area is 211 Å². The standard InChI is InChI=1S/C30H44N2O3/c1-5-6-7-8-9-12-16-32-17-15-23-18-24(20-33)22(2)26(28(23)32)19-30(3,4)21-31-29(35)25-13-10-11-14-27(25)34/h10-11,13-14,18,33-34H,5-9,12,15-17,19-21H2,1-4H3,(H,31,35). The molecule has 0 aliphatic carbocycles. The van der Waals surface area contributed by atoms with Crippen molar-refractivity contribution in [1.29, 1.82) is 0 Å². The van der Waals surface area contributed by atoms with Crippen LogP contribution in [0.4, 0.5) is 5.69 Å². The van der Waals surface area contributed by atoms with Gasteiger partial charge in [-0.3, -0.25) is 4.79 Å². The van der Waals surface area contributed by atoms with Gasteiger partial charge in [0.05, 0.1) is 12.2 Å². The third kappa shape index (κ3) is 7.00. The van der Waals surface area contributed by atoms with E-state index in [4.69, 9.17) is 0 Å². The van der Waals surface area contributed by atoms with E-state index in [9.17, 15) is 15.0 Å². The number of nitrogens with zero attached hydrogens (tertiary/aromatic N) is 1. The van der Waals surface area contributed by atoms with Gasteiger partial charge in [-0.25, -0.2) is 0 Å². The number of anilines is 1. The van der Waals surface area contributed by atoms with Gasteiger partial charge in [0.2, 0.25) is 0 Å². The van der Waals surface area contributed by atoms with Gasteiger partial charge in [0, 0.05) is 25.3 Å². The number of nitrogens with one attached hydrogen (secondary N) is 1. The number of fused-ring (bicyclic) bond motifs is 1. The maximum Gasteiger partial charge on any atom is 0.255 e. The van der Waals surface area contributed by atoms with Crippen molar-refractivity contribution in [2.24, 2.45) is 5.41 Å². The van der Waals surface area contributed by atoms with Crippen molar-refractivity contribution in [2.45, 2.75) is 85.7 Å². The summed E-state index contributed by atoms with van der Waals surface area (Å²) in [6.07, 6.45) is 9.57. The first kappa shape index (κ1) is 27.1. The van der Waals surface area contributed by atoms with Crippen LogP contribution in [-0.4, -0.2) is 35.8 Å². The monoisotopic (exact) mass is 480 g/mol. The van der Waals surface area contributed by atoms with E-state index in [1.165, 1.54) is 67.0 Å². The minimum Gasteiger partial charge on any atom is -0.507 e. The van der Waals surface area contributed by atoms with Crippen LogP contribution in [0.15, 0.2) is 30.3 Å². The number of carbonyl (C=O) groups excluding carboxylic acids is 1. The second kappa shape index (κ2) is 12.4. The summed E-state index contributed by atoms with van der Waals surface area (Å²) in [7, 11) is 0. The lowest BCUT2D eigenvalue weighted by Crippen LogP contribution is -2.36. The number of aliphatic hydroxyl groups excluding tert-OH is 1. The fourth-order valence-electron chi connectivity index (χ4n) is 5.21. The number of aliphatic hydroxyl groups is 1. The predicted molar refractivity (Wildman–Crippen MR) is 144 cm³/mol. The number of hydrogen-bond acceptors (Lipinski definition) is 4. The van der Waals surface area contributed by atoms with Crippen molar-refractivity contribution < 1.29 is 15.0 Å². The van der Waals surface area contributed by atoms with Gasteiger partial charge in [0.1, 0.15) is 5.75 Å². The quantitative estimate of drug-likeness (QED) is 0.311. The molecule has 1 heterocycles. The summed E-state index contributed by atoms with van der Waals surface area (Å²) in [6, 6.07) is 8.84. The number of rotatable bonds is 13. The molecule has 1 aliphatic heterocycles. The van der Waals surface area contributed by atoms with Gasteiger partial charge in [0.15, 0.2) is 0 Å². The maximum absolute atomic E-state index is 12.7. The number of hydrogen-bond donors (Lipinski definition) is 3. The molecule has 5 heteroatoms. The van der Waals surface area contributed by atoms with E-state index in [0.717, 1.165) is 31.5 Å². The average molecular weight is 481 g/mol. The van der Waals surface area contributed by atoms with E-state index < -0.39 is 0 Å². The first-order valence-electron chi connectivity index (χ1n) is 13.3. The molecule has 2 aromatic carbocycles. The molecule has 192 valence electrons. The molecule has 0 fully saturated rings. The summed E-state index contributed by atoms with van der Waals surface area (Å²) in [5.74, 6) is -0.260. The molecule has 3 rings (SSSR count). The molecule has 0 saturated carbocycles. The van der Waals surface area contributed by atoms with E-state index in [0.29, 0.717) is 12.1 Å². The normalized spacial score (nSPS) is 13.2. The highest BCUT2D eigenvalue weighted by Crippen LogP contribution is 2.39. The zero-order valence-corrected chi connectivity index (χ0v) is 22.1.